The van der Waals surface area contributed by atoms with E-state index in [0.29, 0.717) is 25.1 Å². The largest absolute Gasteiger partial charge is 0.465 e. The van der Waals surface area contributed by atoms with Crippen LogP contribution < -0.4 is 10.5 Å². The number of rotatable bonds is 5. The van der Waals surface area contributed by atoms with Crippen LogP contribution in [0.5, 0.6) is 5.75 Å². The highest BCUT2D eigenvalue weighted by Gasteiger charge is 2.03. The van der Waals surface area contributed by atoms with Gasteiger partial charge in [0.1, 0.15) is 5.75 Å². The summed E-state index contributed by atoms with van der Waals surface area (Å²) in [6.45, 7) is 0.383. The summed E-state index contributed by atoms with van der Waals surface area (Å²) >= 11 is 0. The van der Waals surface area contributed by atoms with E-state index in [0.717, 1.165) is 5.56 Å². The van der Waals surface area contributed by atoms with Crippen molar-refractivity contribution >= 4 is 0 Å². The van der Waals surface area contributed by atoms with Gasteiger partial charge in [-0.15, -0.1) is 0 Å². The highest BCUT2D eigenvalue weighted by atomic mass is 16.6. The molecule has 0 bridgehead atoms. The first-order valence-electron chi connectivity index (χ1n) is 4.77. The zero-order valence-corrected chi connectivity index (χ0v) is 8.39. The molecule has 0 aliphatic rings. The number of benzene rings is 1. The lowest BCUT2D eigenvalue weighted by Crippen LogP contribution is -2.19. The third-order valence-corrected chi connectivity index (χ3v) is 1.89. The summed E-state index contributed by atoms with van der Waals surface area (Å²) in [5.41, 5.74) is 6.20. The Hall–Kier alpha value is -1.57. The smallest absolute Gasteiger partial charge is 0.198 e. The van der Waals surface area contributed by atoms with E-state index in [4.69, 9.17) is 15.7 Å². The standard InChI is InChI=1S/C11H14N2O2/c12-7-5-9-1-3-10(4-2-9)15-11(14)6-8-13/h1-4,11,14H,5-6,8,13H2. The number of aliphatic hydroxyl groups excluding tert-OH is 1. The molecule has 15 heavy (non-hydrogen) atoms. The quantitative estimate of drug-likeness (QED) is 0.698. The van der Waals surface area contributed by atoms with Crippen LogP contribution in [-0.4, -0.2) is 17.9 Å². The molecule has 4 heteroatoms. The number of nitrogens with zero attached hydrogens (tertiary/aromatic N) is 1. The maximum atomic E-state index is 9.32. The number of nitrogens with two attached hydrogens (primary N) is 1. The average molecular weight is 206 g/mol. The molecule has 0 heterocycles. The van der Waals surface area contributed by atoms with Gasteiger partial charge in [-0.25, -0.2) is 0 Å². The van der Waals surface area contributed by atoms with Gasteiger partial charge in [0.05, 0.1) is 12.5 Å². The Morgan fingerprint density at radius 3 is 2.60 bits per heavy atom. The zero-order chi connectivity index (χ0) is 11.1. The molecule has 80 valence electrons. The molecule has 0 fully saturated rings. The van der Waals surface area contributed by atoms with Gasteiger partial charge in [-0.2, -0.15) is 5.26 Å². The molecule has 1 unspecified atom stereocenters. The van der Waals surface area contributed by atoms with E-state index in [9.17, 15) is 5.11 Å². The van der Waals surface area contributed by atoms with Crippen molar-refractivity contribution in [1.29, 1.82) is 5.26 Å². The van der Waals surface area contributed by atoms with Crippen LogP contribution in [0.1, 0.15) is 12.0 Å². The third kappa shape index (κ3) is 3.98. The van der Waals surface area contributed by atoms with Gasteiger partial charge in [-0.1, -0.05) is 12.1 Å². The molecule has 0 spiro atoms. The fourth-order valence-electron chi connectivity index (χ4n) is 1.14. The van der Waals surface area contributed by atoms with E-state index >= 15 is 0 Å². The first kappa shape index (κ1) is 11.5. The van der Waals surface area contributed by atoms with Crippen molar-refractivity contribution in [3.63, 3.8) is 0 Å². The molecular formula is C11H14N2O2. The van der Waals surface area contributed by atoms with Gasteiger partial charge in [0.2, 0.25) is 0 Å². The van der Waals surface area contributed by atoms with Gasteiger partial charge < -0.3 is 15.6 Å². The van der Waals surface area contributed by atoms with Crippen LogP contribution in [0.2, 0.25) is 0 Å². The van der Waals surface area contributed by atoms with Crippen LogP contribution in [0.4, 0.5) is 0 Å². The van der Waals surface area contributed by atoms with Crippen molar-refractivity contribution in [2.75, 3.05) is 6.54 Å². The zero-order valence-electron chi connectivity index (χ0n) is 8.39. The van der Waals surface area contributed by atoms with Crippen molar-refractivity contribution < 1.29 is 9.84 Å². The maximum absolute atomic E-state index is 9.32. The Balaban J connectivity index is 2.53. The number of hydrogen-bond acceptors (Lipinski definition) is 4. The number of aliphatic hydroxyl groups is 1. The van der Waals surface area contributed by atoms with Crippen LogP contribution in [-0.2, 0) is 6.42 Å². The molecular weight excluding hydrogens is 192 g/mol. The fraction of sp³-hybridized carbons (Fsp3) is 0.364. The van der Waals surface area contributed by atoms with Crippen LogP contribution in [0.25, 0.3) is 0 Å². The minimum absolute atomic E-state index is 0.381. The Labute approximate surface area is 88.9 Å². The summed E-state index contributed by atoms with van der Waals surface area (Å²) in [6.07, 6.45) is -0.0807. The first-order valence-corrected chi connectivity index (χ1v) is 4.77. The highest BCUT2D eigenvalue weighted by Crippen LogP contribution is 2.14. The summed E-state index contributed by atoms with van der Waals surface area (Å²) in [7, 11) is 0. The minimum Gasteiger partial charge on any atom is -0.465 e. The average Bonchev–Trinajstić information content (AvgIpc) is 2.22. The molecule has 1 rings (SSSR count). The third-order valence-electron chi connectivity index (χ3n) is 1.89. The summed E-state index contributed by atoms with van der Waals surface area (Å²) in [5, 5.41) is 17.8. The summed E-state index contributed by atoms with van der Waals surface area (Å²) < 4.78 is 5.18. The van der Waals surface area contributed by atoms with Crippen LogP contribution >= 0.6 is 0 Å². The number of ether oxygens (including phenoxy) is 1. The minimum atomic E-state index is -0.864. The van der Waals surface area contributed by atoms with Gasteiger partial charge in [0.15, 0.2) is 6.29 Å². The Morgan fingerprint density at radius 2 is 2.07 bits per heavy atom. The molecule has 0 aliphatic heterocycles. The molecule has 0 saturated heterocycles. The van der Waals surface area contributed by atoms with Gasteiger partial charge in [0.25, 0.3) is 0 Å². The number of hydrogen-bond donors (Lipinski definition) is 2. The molecule has 0 saturated carbocycles. The monoisotopic (exact) mass is 206 g/mol. The fourth-order valence-corrected chi connectivity index (χ4v) is 1.14. The lowest BCUT2D eigenvalue weighted by Gasteiger charge is -2.12. The van der Waals surface area contributed by atoms with Gasteiger partial charge in [-0.3, -0.25) is 0 Å². The predicted molar refractivity (Wildman–Crippen MR) is 56.1 cm³/mol. The summed E-state index contributed by atoms with van der Waals surface area (Å²) in [5.74, 6) is 0.581. The lowest BCUT2D eigenvalue weighted by atomic mass is 10.2. The van der Waals surface area contributed by atoms with E-state index < -0.39 is 6.29 Å². The molecule has 0 amide bonds. The number of nitriles is 1. The Morgan fingerprint density at radius 1 is 1.40 bits per heavy atom. The van der Waals surface area contributed by atoms with Crippen molar-refractivity contribution in [3.05, 3.63) is 29.8 Å². The first-order chi connectivity index (χ1) is 7.26. The van der Waals surface area contributed by atoms with Crippen molar-refractivity contribution in [3.8, 4) is 11.8 Å². The summed E-state index contributed by atoms with van der Waals surface area (Å²) in [4.78, 5) is 0. The maximum Gasteiger partial charge on any atom is 0.198 e. The van der Waals surface area contributed by atoms with Crippen molar-refractivity contribution in [2.24, 2.45) is 5.73 Å². The molecule has 0 aliphatic carbocycles. The van der Waals surface area contributed by atoms with Crippen LogP contribution in [0.3, 0.4) is 0 Å². The summed E-state index contributed by atoms with van der Waals surface area (Å²) in [6, 6.07) is 9.11. The van der Waals surface area contributed by atoms with Crippen LogP contribution in [0.15, 0.2) is 24.3 Å². The van der Waals surface area contributed by atoms with E-state index in [1.807, 2.05) is 0 Å². The normalized spacial score (nSPS) is 11.8. The molecule has 0 radical (unpaired) electrons. The lowest BCUT2D eigenvalue weighted by molar-refractivity contribution is -0.0208. The second kappa shape index (κ2) is 6.02. The van der Waals surface area contributed by atoms with Gasteiger partial charge in [0, 0.05) is 6.42 Å². The Kier molecular flexibility index (Phi) is 4.61. The van der Waals surface area contributed by atoms with Gasteiger partial charge >= 0.3 is 0 Å². The van der Waals surface area contributed by atoms with Crippen LogP contribution in [0, 0.1) is 11.3 Å². The predicted octanol–water partition coefficient (Wildman–Crippen LogP) is 0.799. The second-order valence-electron chi connectivity index (χ2n) is 3.13. The van der Waals surface area contributed by atoms with E-state index in [1.165, 1.54) is 0 Å². The van der Waals surface area contributed by atoms with Gasteiger partial charge in [-0.05, 0) is 24.2 Å². The molecule has 0 aromatic heterocycles. The molecule has 1 aromatic rings. The molecule has 1 atom stereocenters. The SMILES string of the molecule is N#CCc1ccc(OC(O)CCN)cc1. The van der Waals surface area contributed by atoms with Crippen molar-refractivity contribution in [2.45, 2.75) is 19.1 Å². The molecule has 4 nitrogen and oxygen atoms in total. The molecule has 1 aromatic carbocycles. The van der Waals surface area contributed by atoms with E-state index in [2.05, 4.69) is 6.07 Å². The Bertz CT molecular complexity index is 329. The second-order valence-corrected chi connectivity index (χ2v) is 3.13. The van der Waals surface area contributed by atoms with E-state index in [-0.39, 0.29) is 0 Å². The van der Waals surface area contributed by atoms with E-state index in [1.54, 1.807) is 24.3 Å². The highest BCUT2D eigenvalue weighted by molar-refractivity contribution is 5.28. The molecule has 3 N–H and O–H groups in total. The topological polar surface area (TPSA) is 79.3 Å². The van der Waals surface area contributed by atoms with Crippen molar-refractivity contribution in [1.82, 2.24) is 0 Å².